The Kier molecular flexibility index (Phi) is 8.83. The molecule has 0 aromatic carbocycles. The average molecular weight is 240 g/mol. The maximum absolute atomic E-state index is 10.7. The van der Waals surface area contributed by atoms with Crippen LogP contribution in [0.15, 0.2) is 12.2 Å². The fourth-order valence-electron chi connectivity index (χ4n) is 1.80. The predicted octanol–water partition coefficient (Wildman–Crippen LogP) is 4.35. The van der Waals surface area contributed by atoms with Crippen molar-refractivity contribution in [3.05, 3.63) is 12.2 Å². The van der Waals surface area contributed by atoms with Crippen LogP contribution in [0.5, 0.6) is 0 Å². The number of esters is 1. The van der Waals surface area contributed by atoms with Crippen LogP contribution in [0.4, 0.5) is 0 Å². The molecule has 0 amide bonds. The van der Waals surface area contributed by atoms with E-state index in [1.165, 1.54) is 26.2 Å². The third-order valence-electron chi connectivity index (χ3n) is 2.78. The van der Waals surface area contributed by atoms with Crippen molar-refractivity contribution in [2.75, 3.05) is 0 Å². The van der Waals surface area contributed by atoms with Gasteiger partial charge in [0.15, 0.2) is 0 Å². The van der Waals surface area contributed by atoms with Crippen molar-refractivity contribution >= 4 is 5.97 Å². The van der Waals surface area contributed by atoms with Gasteiger partial charge in [-0.05, 0) is 31.3 Å². The highest BCUT2D eigenvalue weighted by molar-refractivity contribution is 5.66. The van der Waals surface area contributed by atoms with Gasteiger partial charge in [-0.25, -0.2) is 0 Å². The zero-order valence-electron chi connectivity index (χ0n) is 12.0. The summed E-state index contributed by atoms with van der Waals surface area (Å²) in [6, 6.07) is 0. The summed E-state index contributed by atoms with van der Waals surface area (Å²) in [6.45, 7) is 10.2. The van der Waals surface area contributed by atoms with Gasteiger partial charge in [0.05, 0.1) is 0 Å². The normalized spacial score (nSPS) is 15.2. The quantitative estimate of drug-likeness (QED) is 0.466. The average Bonchev–Trinajstić information content (AvgIpc) is 2.15. The molecule has 0 bridgehead atoms. The number of carbonyl (C=O) groups is 1. The molecule has 0 aromatic rings. The zero-order valence-corrected chi connectivity index (χ0v) is 12.0. The number of rotatable bonds is 8. The fraction of sp³-hybridized carbons (Fsp3) is 0.800. The van der Waals surface area contributed by atoms with Gasteiger partial charge in [-0.15, -0.1) is 0 Å². The van der Waals surface area contributed by atoms with E-state index in [4.69, 9.17) is 4.74 Å². The minimum atomic E-state index is -0.216. The Morgan fingerprint density at radius 2 is 1.82 bits per heavy atom. The molecular weight excluding hydrogens is 212 g/mol. The van der Waals surface area contributed by atoms with Crippen LogP contribution in [-0.4, -0.2) is 12.1 Å². The van der Waals surface area contributed by atoms with E-state index in [0.717, 1.165) is 18.3 Å². The van der Waals surface area contributed by atoms with Crippen LogP contribution in [0.2, 0.25) is 0 Å². The van der Waals surface area contributed by atoms with Gasteiger partial charge in [0.25, 0.3) is 0 Å². The molecule has 0 heterocycles. The molecular formula is C15H28O2. The highest BCUT2D eigenvalue weighted by Crippen LogP contribution is 2.15. The fourth-order valence-corrected chi connectivity index (χ4v) is 1.80. The first-order valence-corrected chi connectivity index (χ1v) is 6.75. The molecule has 0 aliphatic rings. The van der Waals surface area contributed by atoms with E-state index in [-0.39, 0.29) is 12.1 Å². The van der Waals surface area contributed by atoms with Crippen molar-refractivity contribution in [3.8, 4) is 0 Å². The van der Waals surface area contributed by atoms with Crippen molar-refractivity contribution in [2.45, 2.75) is 66.4 Å². The summed E-state index contributed by atoms with van der Waals surface area (Å²) in [7, 11) is 0. The second-order valence-corrected chi connectivity index (χ2v) is 5.41. The van der Waals surface area contributed by atoms with Crippen LogP contribution in [0.25, 0.3) is 0 Å². The van der Waals surface area contributed by atoms with E-state index in [2.05, 4.69) is 26.8 Å². The Labute approximate surface area is 106 Å². The van der Waals surface area contributed by atoms with E-state index in [0.29, 0.717) is 0 Å². The van der Waals surface area contributed by atoms with Crippen molar-refractivity contribution in [3.63, 3.8) is 0 Å². The van der Waals surface area contributed by atoms with E-state index in [1.807, 2.05) is 13.0 Å². The Morgan fingerprint density at radius 1 is 1.18 bits per heavy atom. The second kappa shape index (κ2) is 9.26. The standard InChI is InChI=1S/C15H28O2/c1-12(2)8-6-9-13(3)10-7-11-14(4)17-15(5)16/h7,11-14H,6,8-10H2,1-5H3/b11-7+/t13-,14?/m1/s1. The molecule has 0 saturated heterocycles. The summed E-state index contributed by atoms with van der Waals surface area (Å²) >= 11 is 0. The van der Waals surface area contributed by atoms with E-state index < -0.39 is 0 Å². The summed E-state index contributed by atoms with van der Waals surface area (Å²) in [5.74, 6) is 1.31. The summed E-state index contributed by atoms with van der Waals surface area (Å²) in [6.07, 6.45) is 8.99. The summed E-state index contributed by atoms with van der Waals surface area (Å²) < 4.78 is 5.02. The number of hydrogen-bond acceptors (Lipinski definition) is 2. The first-order chi connectivity index (χ1) is 7.91. The molecule has 0 aliphatic carbocycles. The zero-order chi connectivity index (χ0) is 13.3. The molecule has 0 aromatic heterocycles. The van der Waals surface area contributed by atoms with Crippen LogP contribution >= 0.6 is 0 Å². The molecule has 0 saturated carbocycles. The lowest BCUT2D eigenvalue weighted by molar-refractivity contribution is -0.143. The first kappa shape index (κ1) is 16.2. The Balaban J connectivity index is 3.64. The van der Waals surface area contributed by atoms with Crippen molar-refractivity contribution in [1.82, 2.24) is 0 Å². The van der Waals surface area contributed by atoms with Gasteiger partial charge in [0.2, 0.25) is 0 Å². The van der Waals surface area contributed by atoms with Gasteiger partial charge >= 0.3 is 5.97 Å². The lowest BCUT2D eigenvalue weighted by Gasteiger charge is -2.10. The van der Waals surface area contributed by atoms with E-state index >= 15 is 0 Å². The monoisotopic (exact) mass is 240 g/mol. The topological polar surface area (TPSA) is 26.3 Å². The molecule has 1 unspecified atom stereocenters. The van der Waals surface area contributed by atoms with Gasteiger partial charge in [-0.3, -0.25) is 4.79 Å². The number of carbonyl (C=O) groups excluding carboxylic acids is 1. The van der Waals surface area contributed by atoms with E-state index in [9.17, 15) is 4.79 Å². The predicted molar refractivity (Wildman–Crippen MR) is 72.8 cm³/mol. The molecule has 0 N–H and O–H groups in total. The van der Waals surface area contributed by atoms with E-state index in [1.54, 1.807) is 0 Å². The van der Waals surface area contributed by atoms with Crippen molar-refractivity contribution in [1.29, 1.82) is 0 Å². The van der Waals surface area contributed by atoms with Crippen LogP contribution in [-0.2, 0) is 9.53 Å². The first-order valence-electron chi connectivity index (χ1n) is 6.75. The maximum atomic E-state index is 10.7. The molecule has 0 radical (unpaired) electrons. The lowest BCUT2D eigenvalue weighted by Crippen LogP contribution is -2.08. The van der Waals surface area contributed by atoms with Crippen molar-refractivity contribution in [2.24, 2.45) is 11.8 Å². The smallest absolute Gasteiger partial charge is 0.303 e. The summed E-state index contributed by atoms with van der Waals surface area (Å²) in [5.41, 5.74) is 0. The highest BCUT2D eigenvalue weighted by Gasteiger charge is 2.03. The van der Waals surface area contributed by atoms with Gasteiger partial charge < -0.3 is 4.74 Å². The molecule has 0 aliphatic heterocycles. The Morgan fingerprint density at radius 3 is 2.35 bits per heavy atom. The summed E-state index contributed by atoms with van der Waals surface area (Å²) in [4.78, 5) is 10.7. The largest absolute Gasteiger partial charge is 0.459 e. The summed E-state index contributed by atoms with van der Waals surface area (Å²) in [5, 5.41) is 0. The molecule has 2 heteroatoms. The maximum Gasteiger partial charge on any atom is 0.303 e. The SMILES string of the molecule is CC(=O)OC(C)/C=C/C[C@H](C)CCCC(C)C. The number of allylic oxidation sites excluding steroid dienone is 1. The third-order valence-corrected chi connectivity index (χ3v) is 2.78. The molecule has 0 fully saturated rings. The molecule has 2 nitrogen and oxygen atoms in total. The lowest BCUT2D eigenvalue weighted by atomic mass is 9.97. The number of ether oxygens (including phenoxy) is 1. The van der Waals surface area contributed by atoms with Crippen LogP contribution < -0.4 is 0 Å². The second-order valence-electron chi connectivity index (χ2n) is 5.41. The molecule has 0 spiro atoms. The van der Waals surface area contributed by atoms with Gasteiger partial charge in [-0.2, -0.15) is 0 Å². The molecule has 17 heavy (non-hydrogen) atoms. The van der Waals surface area contributed by atoms with Gasteiger partial charge in [0.1, 0.15) is 6.10 Å². The van der Waals surface area contributed by atoms with Crippen molar-refractivity contribution < 1.29 is 9.53 Å². The van der Waals surface area contributed by atoms with Gasteiger partial charge in [-0.1, -0.05) is 46.1 Å². The highest BCUT2D eigenvalue weighted by atomic mass is 16.5. The minimum absolute atomic E-state index is 0.102. The van der Waals surface area contributed by atoms with Crippen LogP contribution in [0, 0.1) is 11.8 Å². The molecule has 0 rings (SSSR count). The molecule has 100 valence electrons. The van der Waals surface area contributed by atoms with Crippen LogP contribution in [0.1, 0.15) is 60.3 Å². The number of hydrogen-bond donors (Lipinski definition) is 0. The Bertz CT molecular complexity index is 231. The van der Waals surface area contributed by atoms with Gasteiger partial charge in [0, 0.05) is 6.92 Å². The minimum Gasteiger partial charge on any atom is -0.459 e. The molecule has 2 atom stereocenters. The Hall–Kier alpha value is -0.790. The van der Waals surface area contributed by atoms with Crippen LogP contribution in [0.3, 0.4) is 0 Å². The third kappa shape index (κ3) is 11.5.